The molecular weight excluding hydrogens is 328 g/mol. The molecule has 1 aromatic carbocycles. The molecule has 1 aromatic rings. The molecule has 0 bridgehead atoms. The molecule has 0 atom stereocenters. The van der Waals surface area contributed by atoms with Crippen molar-refractivity contribution in [2.45, 2.75) is 42.7 Å². The predicted molar refractivity (Wildman–Crippen MR) is 87.3 cm³/mol. The van der Waals surface area contributed by atoms with Crippen molar-refractivity contribution in [1.29, 1.82) is 0 Å². The second-order valence-electron chi connectivity index (χ2n) is 5.25. The van der Waals surface area contributed by atoms with Gasteiger partial charge in [-0.15, -0.1) is 12.4 Å². The Hall–Kier alpha value is -1.02. The highest BCUT2D eigenvalue weighted by Gasteiger charge is 2.26. The zero-order valence-electron chi connectivity index (χ0n) is 12.7. The van der Waals surface area contributed by atoms with Crippen molar-refractivity contribution in [2.75, 3.05) is 14.2 Å². The van der Waals surface area contributed by atoms with Crippen LogP contribution in [0.15, 0.2) is 23.1 Å². The zero-order valence-corrected chi connectivity index (χ0v) is 14.4. The summed E-state index contributed by atoms with van der Waals surface area (Å²) in [6.07, 6.45) is 3.18. The fourth-order valence-electron chi connectivity index (χ4n) is 2.51. The number of halogens is 1. The first-order chi connectivity index (χ1) is 9.96. The molecule has 2 rings (SSSR count). The molecule has 3 N–H and O–H groups in total. The summed E-state index contributed by atoms with van der Waals surface area (Å²) in [5.74, 6) is 0.776. The first kappa shape index (κ1) is 19.0. The number of ether oxygens (including phenoxy) is 2. The number of sulfonamides is 1. The van der Waals surface area contributed by atoms with Gasteiger partial charge in [0, 0.05) is 18.2 Å². The Bertz CT molecular complexity index is 587. The van der Waals surface area contributed by atoms with Gasteiger partial charge in [0.05, 0.1) is 14.2 Å². The number of hydrogen-bond acceptors (Lipinski definition) is 5. The van der Waals surface area contributed by atoms with Crippen LogP contribution in [0.3, 0.4) is 0 Å². The van der Waals surface area contributed by atoms with Gasteiger partial charge >= 0.3 is 0 Å². The molecule has 0 unspecified atom stereocenters. The monoisotopic (exact) mass is 350 g/mol. The van der Waals surface area contributed by atoms with E-state index in [0.29, 0.717) is 11.5 Å². The molecule has 0 spiro atoms. The lowest BCUT2D eigenvalue weighted by molar-refractivity contribution is 0.370. The second kappa shape index (κ2) is 8.01. The first-order valence-corrected chi connectivity index (χ1v) is 8.44. The number of rotatable bonds is 5. The molecule has 1 aliphatic carbocycles. The fraction of sp³-hybridized carbons (Fsp3) is 0.571. The van der Waals surface area contributed by atoms with E-state index in [1.165, 1.54) is 20.3 Å². The third kappa shape index (κ3) is 4.49. The van der Waals surface area contributed by atoms with E-state index in [4.69, 9.17) is 15.2 Å². The van der Waals surface area contributed by atoms with Gasteiger partial charge in [-0.2, -0.15) is 0 Å². The van der Waals surface area contributed by atoms with Crippen LogP contribution >= 0.6 is 12.4 Å². The lowest BCUT2D eigenvalue weighted by atomic mass is 9.93. The van der Waals surface area contributed by atoms with E-state index in [2.05, 4.69) is 4.72 Å². The maximum Gasteiger partial charge on any atom is 0.244 e. The standard InChI is InChI=1S/C14H22N2O4S.ClH/c1-19-12-7-8-13(20-2)14(9-12)21(17,18)16-11-5-3-10(15)4-6-11;/h7-11,16H,3-6,15H2,1-2H3;1H. The zero-order chi connectivity index (χ0) is 15.5. The van der Waals surface area contributed by atoms with E-state index in [-0.39, 0.29) is 29.4 Å². The molecule has 0 aromatic heterocycles. The van der Waals surface area contributed by atoms with E-state index in [9.17, 15) is 8.42 Å². The third-order valence-corrected chi connectivity index (χ3v) is 5.30. The van der Waals surface area contributed by atoms with Crippen LogP contribution in [0.25, 0.3) is 0 Å². The first-order valence-electron chi connectivity index (χ1n) is 6.96. The lowest BCUT2D eigenvalue weighted by Crippen LogP contribution is -2.40. The van der Waals surface area contributed by atoms with Gasteiger partial charge in [0.15, 0.2) is 0 Å². The maximum atomic E-state index is 12.6. The van der Waals surface area contributed by atoms with Crippen molar-refractivity contribution in [3.8, 4) is 11.5 Å². The van der Waals surface area contributed by atoms with Gasteiger partial charge in [-0.1, -0.05) is 0 Å². The van der Waals surface area contributed by atoms with E-state index in [0.717, 1.165) is 25.7 Å². The molecule has 0 heterocycles. The average Bonchev–Trinajstić information content (AvgIpc) is 2.48. The number of nitrogens with two attached hydrogens (primary N) is 1. The predicted octanol–water partition coefficient (Wildman–Crippen LogP) is 1.67. The Kier molecular flexibility index (Phi) is 6.93. The Balaban J connectivity index is 0.00000242. The van der Waals surface area contributed by atoms with E-state index in [1.54, 1.807) is 12.1 Å². The summed E-state index contributed by atoms with van der Waals surface area (Å²) in [6, 6.07) is 4.82. The summed E-state index contributed by atoms with van der Waals surface area (Å²) < 4.78 is 38.1. The topological polar surface area (TPSA) is 90.6 Å². The van der Waals surface area contributed by atoms with Gasteiger partial charge in [0.2, 0.25) is 10.0 Å². The molecule has 0 saturated heterocycles. The van der Waals surface area contributed by atoms with E-state index in [1.807, 2.05) is 0 Å². The van der Waals surface area contributed by atoms with Gasteiger partial charge in [-0.3, -0.25) is 0 Å². The van der Waals surface area contributed by atoms with Gasteiger partial charge in [0.1, 0.15) is 16.4 Å². The highest BCUT2D eigenvalue weighted by atomic mass is 35.5. The Labute approximate surface area is 137 Å². The van der Waals surface area contributed by atoms with E-state index >= 15 is 0 Å². The summed E-state index contributed by atoms with van der Waals surface area (Å²) in [6.45, 7) is 0. The third-order valence-electron chi connectivity index (χ3n) is 3.75. The highest BCUT2D eigenvalue weighted by Crippen LogP contribution is 2.29. The summed E-state index contributed by atoms with van der Waals surface area (Å²) in [7, 11) is -0.709. The molecule has 1 fully saturated rings. The summed E-state index contributed by atoms with van der Waals surface area (Å²) >= 11 is 0. The van der Waals surface area contributed by atoms with Gasteiger partial charge in [-0.05, 0) is 37.8 Å². The van der Waals surface area contributed by atoms with Crippen molar-refractivity contribution >= 4 is 22.4 Å². The van der Waals surface area contributed by atoms with Crippen LogP contribution in [0.1, 0.15) is 25.7 Å². The minimum atomic E-state index is -3.65. The summed E-state index contributed by atoms with van der Waals surface area (Å²) in [5.41, 5.74) is 5.84. The Morgan fingerprint density at radius 1 is 1.14 bits per heavy atom. The fourth-order valence-corrected chi connectivity index (χ4v) is 4.00. The lowest BCUT2D eigenvalue weighted by Gasteiger charge is -2.26. The molecule has 0 amide bonds. The van der Waals surface area contributed by atoms with Crippen LogP contribution in [0.4, 0.5) is 0 Å². The van der Waals surface area contributed by atoms with Crippen LogP contribution in [0, 0.1) is 0 Å². The molecular formula is C14H23ClN2O4S. The van der Waals surface area contributed by atoms with Crippen molar-refractivity contribution in [3.63, 3.8) is 0 Å². The summed E-state index contributed by atoms with van der Waals surface area (Å²) in [5, 5.41) is 0. The maximum absolute atomic E-state index is 12.6. The molecule has 0 aliphatic heterocycles. The van der Waals surface area contributed by atoms with Crippen LogP contribution in [-0.2, 0) is 10.0 Å². The number of hydrogen-bond donors (Lipinski definition) is 2. The van der Waals surface area contributed by atoms with Crippen molar-refractivity contribution < 1.29 is 17.9 Å². The van der Waals surface area contributed by atoms with Gasteiger partial charge in [0.25, 0.3) is 0 Å². The largest absolute Gasteiger partial charge is 0.497 e. The highest BCUT2D eigenvalue weighted by molar-refractivity contribution is 7.89. The molecule has 1 aliphatic rings. The minimum absolute atomic E-state index is 0. The van der Waals surface area contributed by atoms with Crippen molar-refractivity contribution in [2.24, 2.45) is 5.73 Å². The van der Waals surface area contributed by atoms with E-state index < -0.39 is 10.0 Å². The van der Waals surface area contributed by atoms with Crippen molar-refractivity contribution in [1.82, 2.24) is 4.72 Å². The Morgan fingerprint density at radius 3 is 2.32 bits per heavy atom. The number of methoxy groups -OCH3 is 2. The minimum Gasteiger partial charge on any atom is -0.497 e. The molecule has 22 heavy (non-hydrogen) atoms. The number of benzene rings is 1. The Morgan fingerprint density at radius 2 is 1.77 bits per heavy atom. The molecule has 1 saturated carbocycles. The van der Waals surface area contributed by atoms with Crippen LogP contribution in [0.2, 0.25) is 0 Å². The van der Waals surface area contributed by atoms with Gasteiger partial charge in [-0.25, -0.2) is 13.1 Å². The van der Waals surface area contributed by atoms with Crippen molar-refractivity contribution in [3.05, 3.63) is 18.2 Å². The summed E-state index contributed by atoms with van der Waals surface area (Å²) in [4.78, 5) is 0.0965. The second-order valence-corrected chi connectivity index (χ2v) is 6.93. The van der Waals surface area contributed by atoms with Gasteiger partial charge < -0.3 is 15.2 Å². The van der Waals surface area contributed by atoms with Crippen LogP contribution in [-0.4, -0.2) is 34.7 Å². The molecule has 6 nitrogen and oxygen atoms in total. The molecule has 0 radical (unpaired) electrons. The quantitative estimate of drug-likeness (QED) is 0.843. The molecule has 8 heteroatoms. The molecule has 126 valence electrons. The van der Waals surface area contributed by atoms with Crippen LogP contribution < -0.4 is 19.9 Å². The number of nitrogens with one attached hydrogen (secondary N) is 1. The SMILES string of the molecule is COc1ccc(OC)c(S(=O)(=O)NC2CCC(N)CC2)c1.Cl. The van der Waals surface area contributed by atoms with Crippen LogP contribution in [0.5, 0.6) is 11.5 Å². The normalized spacial score (nSPS) is 21.8. The smallest absolute Gasteiger partial charge is 0.244 e. The average molecular weight is 351 g/mol.